The third-order valence-corrected chi connectivity index (χ3v) is 5.76. The van der Waals surface area contributed by atoms with Crippen LogP contribution in [0.4, 0.5) is 10.1 Å². The molecule has 0 aliphatic heterocycles. The van der Waals surface area contributed by atoms with Gasteiger partial charge >= 0.3 is 0 Å². The molecule has 3 N–H and O–H groups in total. The van der Waals surface area contributed by atoms with Gasteiger partial charge in [0.05, 0.1) is 5.69 Å². The van der Waals surface area contributed by atoms with Crippen LogP contribution in [0.15, 0.2) is 71.8 Å². The molecule has 0 aliphatic rings. The summed E-state index contributed by atoms with van der Waals surface area (Å²) >= 11 is 0. The summed E-state index contributed by atoms with van der Waals surface area (Å²) in [5.74, 6) is -1.09. The zero-order valence-electron chi connectivity index (χ0n) is 15.9. The first-order valence-corrected chi connectivity index (χ1v) is 10.6. The van der Waals surface area contributed by atoms with Gasteiger partial charge in [-0.05, 0) is 43.5 Å². The SMILES string of the molecule is C[C@H](CCc1ccccc1)NC(=O)c1cc(S(=O)(=O)Nc2ccccc2F)c[nH]1. The predicted octanol–water partition coefficient (Wildman–Crippen LogP) is 3.71. The Bertz CT molecular complexity index is 1080. The maximum absolute atomic E-state index is 13.7. The standard InChI is InChI=1S/C21H22FN3O3S/c1-15(11-12-16-7-3-2-4-8-16)24-21(26)20-13-17(14-23-20)29(27,28)25-19-10-6-5-9-18(19)22/h2-10,13-15,23,25H,11-12H2,1H3,(H,24,26)/t15-/m1/s1. The third kappa shape index (κ3) is 5.45. The molecule has 8 heteroatoms. The minimum atomic E-state index is -4.02. The minimum absolute atomic E-state index is 0.0948. The van der Waals surface area contributed by atoms with Gasteiger partial charge in [0.1, 0.15) is 16.4 Å². The molecule has 0 spiro atoms. The van der Waals surface area contributed by atoms with Crippen LogP contribution in [0.5, 0.6) is 0 Å². The maximum Gasteiger partial charge on any atom is 0.267 e. The summed E-state index contributed by atoms with van der Waals surface area (Å²) in [4.78, 5) is 14.9. The monoisotopic (exact) mass is 415 g/mol. The number of carbonyl (C=O) groups is 1. The van der Waals surface area contributed by atoms with Crippen molar-refractivity contribution in [2.75, 3.05) is 4.72 Å². The number of para-hydroxylation sites is 1. The number of benzene rings is 2. The number of hydrogen-bond donors (Lipinski definition) is 3. The van der Waals surface area contributed by atoms with Gasteiger partial charge in [-0.2, -0.15) is 0 Å². The number of aromatic amines is 1. The van der Waals surface area contributed by atoms with Crippen molar-refractivity contribution in [2.24, 2.45) is 0 Å². The van der Waals surface area contributed by atoms with Crippen LogP contribution < -0.4 is 10.0 Å². The maximum atomic E-state index is 13.7. The number of nitrogens with one attached hydrogen (secondary N) is 3. The largest absolute Gasteiger partial charge is 0.356 e. The Morgan fingerprint density at radius 2 is 1.79 bits per heavy atom. The fraction of sp³-hybridized carbons (Fsp3) is 0.190. The lowest BCUT2D eigenvalue weighted by molar-refractivity contribution is 0.0934. The van der Waals surface area contributed by atoms with E-state index in [4.69, 9.17) is 0 Å². The molecule has 1 heterocycles. The van der Waals surface area contributed by atoms with Crippen molar-refractivity contribution in [1.29, 1.82) is 0 Å². The van der Waals surface area contributed by atoms with Gasteiger partial charge in [0.25, 0.3) is 15.9 Å². The Morgan fingerprint density at radius 1 is 1.10 bits per heavy atom. The lowest BCUT2D eigenvalue weighted by Crippen LogP contribution is -2.33. The van der Waals surface area contributed by atoms with Crippen LogP contribution in [0, 0.1) is 5.82 Å². The molecule has 1 aromatic heterocycles. The van der Waals surface area contributed by atoms with Gasteiger partial charge in [-0.3, -0.25) is 9.52 Å². The molecule has 0 bridgehead atoms. The van der Waals surface area contributed by atoms with Crippen LogP contribution in [0.3, 0.4) is 0 Å². The smallest absolute Gasteiger partial charge is 0.267 e. The van der Waals surface area contributed by atoms with Crippen LogP contribution in [-0.4, -0.2) is 25.4 Å². The van der Waals surface area contributed by atoms with Gasteiger partial charge in [-0.15, -0.1) is 0 Å². The zero-order valence-corrected chi connectivity index (χ0v) is 16.7. The average molecular weight is 415 g/mol. The molecule has 1 atom stereocenters. The molecular formula is C21H22FN3O3S. The van der Waals surface area contributed by atoms with Crippen molar-refractivity contribution >= 4 is 21.6 Å². The quantitative estimate of drug-likeness (QED) is 0.524. The number of sulfonamides is 1. The summed E-state index contributed by atoms with van der Waals surface area (Å²) in [6.07, 6.45) is 2.77. The van der Waals surface area contributed by atoms with Crippen molar-refractivity contribution in [1.82, 2.24) is 10.3 Å². The van der Waals surface area contributed by atoms with E-state index in [2.05, 4.69) is 15.0 Å². The molecule has 0 saturated carbocycles. The van der Waals surface area contributed by atoms with E-state index in [-0.39, 0.29) is 22.3 Å². The molecule has 6 nitrogen and oxygen atoms in total. The van der Waals surface area contributed by atoms with E-state index in [0.717, 1.165) is 18.9 Å². The molecule has 3 rings (SSSR count). The molecule has 0 aliphatic carbocycles. The average Bonchev–Trinajstić information content (AvgIpc) is 3.20. The van der Waals surface area contributed by atoms with Crippen molar-refractivity contribution in [2.45, 2.75) is 30.7 Å². The van der Waals surface area contributed by atoms with Crippen LogP contribution >= 0.6 is 0 Å². The topological polar surface area (TPSA) is 91.1 Å². The molecule has 0 saturated heterocycles. The second-order valence-electron chi connectivity index (χ2n) is 6.73. The first-order valence-electron chi connectivity index (χ1n) is 9.16. The molecular weight excluding hydrogens is 393 g/mol. The normalized spacial score (nSPS) is 12.3. The number of carbonyl (C=O) groups excluding carboxylic acids is 1. The fourth-order valence-corrected chi connectivity index (χ4v) is 3.87. The van der Waals surface area contributed by atoms with Crippen molar-refractivity contribution in [3.63, 3.8) is 0 Å². The predicted molar refractivity (Wildman–Crippen MR) is 110 cm³/mol. The van der Waals surface area contributed by atoms with Gasteiger partial charge in [0, 0.05) is 12.2 Å². The summed E-state index contributed by atoms with van der Waals surface area (Å²) < 4.78 is 40.8. The summed E-state index contributed by atoms with van der Waals surface area (Å²) in [7, 11) is -4.02. The Morgan fingerprint density at radius 3 is 2.52 bits per heavy atom. The highest BCUT2D eigenvalue weighted by Gasteiger charge is 2.20. The third-order valence-electron chi connectivity index (χ3n) is 4.42. The van der Waals surface area contributed by atoms with Gasteiger partial charge in [0.15, 0.2) is 0 Å². The highest BCUT2D eigenvalue weighted by atomic mass is 32.2. The van der Waals surface area contributed by atoms with Crippen molar-refractivity contribution in [3.8, 4) is 0 Å². The Balaban J connectivity index is 1.61. The second kappa shape index (κ2) is 8.91. The molecule has 1 amide bonds. The van der Waals surface area contributed by atoms with Crippen molar-refractivity contribution < 1.29 is 17.6 Å². The highest BCUT2D eigenvalue weighted by Crippen LogP contribution is 2.19. The summed E-state index contributed by atoms with van der Waals surface area (Å²) in [5, 5.41) is 2.84. The number of amides is 1. The minimum Gasteiger partial charge on any atom is -0.356 e. The zero-order chi connectivity index (χ0) is 20.9. The lowest BCUT2D eigenvalue weighted by atomic mass is 10.1. The summed E-state index contributed by atoms with van der Waals surface area (Å²) in [5.41, 5.74) is 1.14. The number of hydrogen-bond acceptors (Lipinski definition) is 3. The van der Waals surface area contributed by atoms with Crippen molar-refractivity contribution in [3.05, 3.63) is 83.9 Å². The number of halogens is 1. The van der Waals surface area contributed by atoms with Gasteiger partial charge in [0.2, 0.25) is 0 Å². The van der Waals surface area contributed by atoms with E-state index in [9.17, 15) is 17.6 Å². The van der Waals surface area contributed by atoms with E-state index in [1.165, 1.54) is 36.0 Å². The molecule has 0 fully saturated rings. The van der Waals surface area contributed by atoms with Gasteiger partial charge in [-0.1, -0.05) is 42.5 Å². The number of aryl methyl sites for hydroxylation is 1. The lowest BCUT2D eigenvalue weighted by Gasteiger charge is -2.13. The molecule has 0 unspecified atom stereocenters. The second-order valence-corrected chi connectivity index (χ2v) is 8.42. The van der Waals surface area contributed by atoms with E-state index >= 15 is 0 Å². The number of aromatic nitrogens is 1. The molecule has 0 radical (unpaired) electrons. The van der Waals surface area contributed by atoms with Gasteiger partial charge in [-0.25, -0.2) is 12.8 Å². The molecule has 152 valence electrons. The molecule has 2 aromatic carbocycles. The van der Waals surface area contributed by atoms with Crippen LogP contribution in [-0.2, 0) is 16.4 Å². The summed E-state index contributed by atoms with van der Waals surface area (Å²) in [6, 6.07) is 16.5. The number of H-pyrrole nitrogens is 1. The number of rotatable bonds is 8. The molecule has 29 heavy (non-hydrogen) atoms. The Kier molecular flexibility index (Phi) is 6.33. The number of anilines is 1. The van der Waals surface area contributed by atoms with Crippen LogP contribution in [0.2, 0.25) is 0 Å². The first-order chi connectivity index (χ1) is 13.8. The van der Waals surface area contributed by atoms with E-state index in [1.807, 2.05) is 37.3 Å². The van der Waals surface area contributed by atoms with E-state index < -0.39 is 21.7 Å². The van der Waals surface area contributed by atoms with E-state index in [0.29, 0.717) is 0 Å². The Hall–Kier alpha value is -3.13. The van der Waals surface area contributed by atoms with Crippen LogP contribution in [0.25, 0.3) is 0 Å². The van der Waals surface area contributed by atoms with Crippen LogP contribution in [0.1, 0.15) is 29.4 Å². The highest BCUT2D eigenvalue weighted by molar-refractivity contribution is 7.92. The fourth-order valence-electron chi connectivity index (χ4n) is 2.81. The van der Waals surface area contributed by atoms with E-state index in [1.54, 1.807) is 0 Å². The molecule has 3 aromatic rings. The van der Waals surface area contributed by atoms with Gasteiger partial charge < -0.3 is 10.3 Å². The Labute approximate surface area is 169 Å². The summed E-state index contributed by atoms with van der Waals surface area (Å²) in [6.45, 7) is 1.89. The first kappa shape index (κ1) is 20.6.